The van der Waals surface area contributed by atoms with Crippen molar-refractivity contribution >= 4 is 0 Å². The van der Waals surface area contributed by atoms with Gasteiger partial charge in [-0.05, 0) is 67.3 Å². The minimum Gasteiger partial charge on any atom is -0.508 e. The number of piperidine rings is 1. The predicted molar refractivity (Wildman–Crippen MR) is 80.6 cm³/mol. The van der Waals surface area contributed by atoms with E-state index in [-0.39, 0.29) is 0 Å². The van der Waals surface area contributed by atoms with Crippen LogP contribution in [-0.4, -0.2) is 18.2 Å². The predicted octanol–water partition coefficient (Wildman–Crippen LogP) is 3.52. The molecule has 0 radical (unpaired) electrons. The average Bonchev–Trinajstić information content (AvgIpc) is 2.33. The van der Waals surface area contributed by atoms with Crippen LogP contribution >= 0.6 is 0 Å². The Balaban J connectivity index is 2.08. The number of benzene rings is 1. The maximum Gasteiger partial charge on any atom is 0.118 e. The molecule has 2 nitrogen and oxygen atoms in total. The maximum absolute atomic E-state index is 10.0. The number of aromatic hydroxyl groups is 1. The van der Waals surface area contributed by atoms with E-state index in [2.05, 4.69) is 38.2 Å². The molecule has 0 atom stereocenters. The smallest absolute Gasteiger partial charge is 0.118 e. The largest absolute Gasteiger partial charge is 0.508 e. The summed E-state index contributed by atoms with van der Waals surface area (Å²) in [7, 11) is 0. The molecular weight excluding hydrogens is 234 g/mol. The molecule has 0 amide bonds. The standard InChI is InChI=1S/C17H27NO/c1-17(2,3)12-14-4-5-16(19)15(11-14)10-13-6-8-18-9-7-13/h4-5,11,13,18-19H,6-10,12H2,1-3H3. The lowest BCUT2D eigenvalue weighted by atomic mass is 9.85. The minimum atomic E-state index is 0.295. The summed E-state index contributed by atoms with van der Waals surface area (Å²) in [6.07, 6.45) is 4.53. The molecule has 19 heavy (non-hydrogen) atoms. The SMILES string of the molecule is CC(C)(C)Cc1ccc(O)c(CC2CCNCC2)c1. The molecule has 0 saturated carbocycles. The molecular formula is C17H27NO. The molecule has 2 N–H and O–H groups in total. The first-order chi connectivity index (χ1) is 8.94. The summed E-state index contributed by atoms with van der Waals surface area (Å²) in [6.45, 7) is 9.01. The van der Waals surface area contributed by atoms with Crippen LogP contribution in [0.3, 0.4) is 0 Å². The van der Waals surface area contributed by atoms with Crippen LogP contribution in [0.2, 0.25) is 0 Å². The molecule has 0 spiro atoms. The Labute approximate surface area is 117 Å². The van der Waals surface area contributed by atoms with Crippen molar-refractivity contribution in [1.82, 2.24) is 5.32 Å². The van der Waals surface area contributed by atoms with Crippen molar-refractivity contribution < 1.29 is 5.11 Å². The normalized spacial score (nSPS) is 17.6. The van der Waals surface area contributed by atoms with Crippen molar-refractivity contribution in [3.05, 3.63) is 29.3 Å². The summed E-state index contributed by atoms with van der Waals surface area (Å²) in [4.78, 5) is 0. The lowest BCUT2D eigenvalue weighted by molar-refractivity contribution is 0.365. The molecule has 106 valence electrons. The monoisotopic (exact) mass is 261 g/mol. The van der Waals surface area contributed by atoms with Crippen molar-refractivity contribution in [2.24, 2.45) is 11.3 Å². The van der Waals surface area contributed by atoms with E-state index in [9.17, 15) is 5.11 Å². The second-order valence-electron chi connectivity index (χ2n) is 7.10. The first-order valence-corrected chi connectivity index (χ1v) is 7.45. The van der Waals surface area contributed by atoms with Gasteiger partial charge in [0.25, 0.3) is 0 Å². The summed E-state index contributed by atoms with van der Waals surface area (Å²) < 4.78 is 0. The van der Waals surface area contributed by atoms with Crippen LogP contribution < -0.4 is 5.32 Å². The molecule has 2 heteroatoms. The van der Waals surface area contributed by atoms with Gasteiger partial charge < -0.3 is 10.4 Å². The van der Waals surface area contributed by atoms with Crippen molar-refractivity contribution in [2.75, 3.05) is 13.1 Å². The number of phenolic OH excluding ortho intramolecular Hbond substituents is 1. The van der Waals surface area contributed by atoms with E-state index in [1.807, 2.05) is 6.07 Å². The maximum atomic E-state index is 10.0. The molecule has 1 fully saturated rings. The van der Waals surface area contributed by atoms with Gasteiger partial charge in [0, 0.05) is 0 Å². The highest BCUT2D eigenvalue weighted by Crippen LogP contribution is 2.28. The summed E-state index contributed by atoms with van der Waals surface area (Å²) in [5.74, 6) is 1.19. The van der Waals surface area contributed by atoms with Crippen LogP contribution in [0.1, 0.15) is 44.7 Å². The first-order valence-electron chi connectivity index (χ1n) is 7.45. The molecule has 0 bridgehead atoms. The Morgan fingerprint density at radius 2 is 1.89 bits per heavy atom. The van der Waals surface area contributed by atoms with Crippen LogP contribution in [0, 0.1) is 11.3 Å². The molecule has 0 aliphatic carbocycles. The molecule has 0 aromatic heterocycles. The number of phenols is 1. The van der Waals surface area contributed by atoms with Gasteiger partial charge in [0.05, 0.1) is 0 Å². The molecule has 0 unspecified atom stereocenters. The van der Waals surface area contributed by atoms with Crippen LogP contribution in [0.4, 0.5) is 0 Å². The van der Waals surface area contributed by atoms with E-state index in [0.29, 0.717) is 11.2 Å². The zero-order valence-electron chi connectivity index (χ0n) is 12.5. The molecule has 2 rings (SSSR count). The van der Waals surface area contributed by atoms with Crippen LogP contribution in [0.25, 0.3) is 0 Å². The first kappa shape index (κ1) is 14.4. The molecule has 1 aromatic carbocycles. The third-order valence-corrected chi connectivity index (χ3v) is 3.85. The fraction of sp³-hybridized carbons (Fsp3) is 0.647. The third kappa shape index (κ3) is 4.54. The van der Waals surface area contributed by atoms with Gasteiger partial charge in [-0.15, -0.1) is 0 Å². The van der Waals surface area contributed by atoms with Gasteiger partial charge in [0.1, 0.15) is 5.75 Å². The van der Waals surface area contributed by atoms with Gasteiger partial charge in [-0.2, -0.15) is 0 Å². The van der Waals surface area contributed by atoms with Crippen molar-refractivity contribution in [1.29, 1.82) is 0 Å². The summed E-state index contributed by atoms with van der Waals surface area (Å²) in [5.41, 5.74) is 2.77. The van der Waals surface area contributed by atoms with E-state index < -0.39 is 0 Å². The van der Waals surface area contributed by atoms with Gasteiger partial charge in [-0.3, -0.25) is 0 Å². The van der Waals surface area contributed by atoms with Gasteiger partial charge in [-0.25, -0.2) is 0 Å². The molecule has 1 aliphatic heterocycles. The van der Waals surface area contributed by atoms with E-state index in [4.69, 9.17) is 0 Å². The van der Waals surface area contributed by atoms with Crippen molar-refractivity contribution in [3.8, 4) is 5.75 Å². The number of hydrogen-bond acceptors (Lipinski definition) is 2. The lowest BCUT2D eigenvalue weighted by Gasteiger charge is -2.24. The van der Waals surface area contributed by atoms with Crippen molar-refractivity contribution in [3.63, 3.8) is 0 Å². The van der Waals surface area contributed by atoms with Crippen LogP contribution in [0.5, 0.6) is 5.75 Å². The zero-order chi connectivity index (χ0) is 13.9. The Morgan fingerprint density at radius 3 is 2.53 bits per heavy atom. The third-order valence-electron chi connectivity index (χ3n) is 3.85. The van der Waals surface area contributed by atoms with Gasteiger partial charge in [-0.1, -0.05) is 32.9 Å². The van der Waals surface area contributed by atoms with E-state index in [1.165, 1.54) is 18.4 Å². The summed E-state index contributed by atoms with van der Waals surface area (Å²) >= 11 is 0. The van der Waals surface area contributed by atoms with Gasteiger partial charge in [0.15, 0.2) is 0 Å². The highest BCUT2D eigenvalue weighted by molar-refractivity contribution is 5.37. The molecule has 1 saturated heterocycles. The van der Waals surface area contributed by atoms with E-state index >= 15 is 0 Å². The molecule has 1 heterocycles. The highest BCUT2D eigenvalue weighted by atomic mass is 16.3. The van der Waals surface area contributed by atoms with E-state index in [1.54, 1.807) is 0 Å². The number of nitrogens with one attached hydrogen (secondary N) is 1. The van der Waals surface area contributed by atoms with Crippen LogP contribution in [0.15, 0.2) is 18.2 Å². The Morgan fingerprint density at radius 1 is 1.21 bits per heavy atom. The number of rotatable bonds is 3. The Bertz CT molecular complexity index is 414. The quantitative estimate of drug-likeness (QED) is 0.872. The summed E-state index contributed by atoms with van der Waals surface area (Å²) in [6, 6.07) is 6.15. The minimum absolute atomic E-state index is 0.295. The highest BCUT2D eigenvalue weighted by Gasteiger charge is 2.17. The average molecular weight is 261 g/mol. The number of hydrogen-bond donors (Lipinski definition) is 2. The lowest BCUT2D eigenvalue weighted by Crippen LogP contribution is -2.28. The van der Waals surface area contributed by atoms with Crippen LogP contribution in [-0.2, 0) is 12.8 Å². The fourth-order valence-corrected chi connectivity index (χ4v) is 2.92. The molecule has 1 aromatic rings. The molecule has 1 aliphatic rings. The Hall–Kier alpha value is -1.02. The Kier molecular flexibility index (Phi) is 4.51. The fourth-order valence-electron chi connectivity index (χ4n) is 2.92. The van der Waals surface area contributed by atoms with E-state index in [0.717, 1.165) is 37.4 Å². The zero-order valence-corrected chi connectivity index (χ0v) is 12.5. The second kappa shape index (κ2) is 5.96. The van der Waals surface area contributed by atoms with Gasteiger partial charge >= 0.3 is 0 Å². The van der Waals surface area contributed by atoms with Crippen molar-refractivity contribution in [2.45, 2.75) is 46.5 Å². The van der Waals surface area contributed by atoms with Gasteiger partial charge in [0.2, 0.25) is 0 Å². The summed E-state index contributed by atoms with van der Waals surface area (Å²) in [5, 5.41) is 13.4. The second-order valence-corrected chi connectivity index (χ2v) is 7.10. The topological polar surface area (TPSA) is 32.3 Å².